The molecule has 0 spiro atoms. The molecule has 26 heavy (non-hydrogen) atoms. The number of para-hydroxylation sites is 1. The minimum atomic E-state index is -0.229. The molecule has 1 N–H and O–H groups in total. The Hall–Kier alpha value is -2.98. The van der Waals surface area contributed by atoms with Gasteiger partial charge in [0.05, 0.1) is 12.7 Å². The van der Waals surface area contributed by atoms with Crippen molar-refractivity contribution >= 4 is 23.2 Å². The number of rotatable bonds is 6. The fourth-order valence-electron chi connectivity index (χ4n) is 2.44. The molecule has 3 aromatic carbocycles. The molecule has 0 bridgehead atoms. The van der Waals surface area contributed by atoms with Gasteiger partial charge in [0.2, 0.25) is 0 Å². The molecule has 4 nitrogen and oxygen atoms in total. The van der Waals surface area contributed by atoms with Crippen molar-refractivity contribution in [2.75, 3.05) is 12.4 Å². The van der Waals surface area contributed by atoms with E-state index in [-0.39, 0.29) is 5.91 Å². The summed E-state index contributed by atoms with van der Waals surface area (Å²) in [6.07, 6.45) is 0. The van der Waals surface area contributed by atoms with Crippen LogP contribution in [0.5, 0.6) is 11.5 Å². The average molecular weight is 368 g/mol. The lowest BCUT2D eigenvalue weighted by Gasteiger charge is -2.11. The predicted molar refractivity (Wildman–Crippen MR) is 103 cm³/mol. The van der Waals surface area contributed by atoms with E-state index in [0.29, 0.717) is 34.4 Å². The number of hydrogen-bond acceptors (Lipinski definition) is 3. The summed E-state index contributed by atoms with van der Waals surface area (Å²) in [5, 5.41) is 3.52. The summed E-state index contributed by atoms with van der Waals surface area (Å²) >= 11 is 6.12. The van der Waals surface area contributed by atoms with Crippen LogP contribution in [0.3, 0.4) is 0 Å². The van der Waals surface area contributed by atoms with Crippen LogP contribution < -0.4 is 14.8 Å². The Morgan fingerprint density at radius 3 is 2.38 bits per heavy atom. The zero-order chi connectivity index (χ0) is 18.4. The van der Waals surface area contributed by atoms with Gasteiger partial charge in [-0.1, -0.05) is 41.9 Å². The first-order valence-electron chi connectivity index (χ1n) is 8.08. The van der Waals surface area contributed by atoms with Crippen molar-refractivity contribution in [3.63, 3.8) is 0 Å². The molecule has 3 rings (SSSR count). The van der Waals surface area contributed by atoms with Crippen LogP contribution in [0.1, 0.15) is 15.9 Å². The van der Waals surface area contributed by atoms with E-state index in [1.807, 2.05) is 30.3 Å². The zero-order valence-electron chi connectivity index (χ0n) is 14.2. The van der Waals surface area contributed by atoms with Crippen LogP contribution in [0.25, 0.3) is 0 Å². The highest BCUT2D eigenvalue weighted by Gasteiger charge is 2.11. The molecule has 0 heterocycles. The van der Waals surface area contributed by atoms with Gasteiger partial charge in [0, 0.05) is 16.3 Å². The first-order chi connectivity index (χ1) is 12.7. The number of halogens is 1. The highest BCUT2D eigenvalue weighted by Crippen LogP contribution is 2.22. The van der Waals surface area contributed by atoms with Crippen LogP contribution in [0.15, 0.2) is 72.8 Å². The molecular formula is C21H18ClNO3. The van der Waals surface area contributed by atoms with Crippen molar-refractivity contribution in [3.8, 4) is 11.5 Å². The van der Waals surface area contributed by atoms with Gasteiger partial charge in [-0.2, -0.15) is 0 Å². The lowest BCUT2D eigenvalue weighted by atomic mass is 10.2. The number of hydrogen-bond donors (Lipinski definition) is 1. The Balaban J connectivity index is 1.62. The minimum absolute atomic E-state index is 0.229. The van der Waals surface area contributed by atoms with Gasteiger partial charge in [-0.25, -0.2) is 0 Å². The summed E-state index contributed by atoms with van der Waals surface area (Å²) in [7, 11) is 1.54. The zero-order valence-corrected chi connectivity index (χ0v) is 15.0. The number of anilines is 1. The van der Waals surface area contributed by atoms with Crippen LogP contribution in [0.2, 0.25) is 5.02 Å². The fourth-order valence-corrected chi connectivity index (χ4v) is 2.63. The van der Waals surface area contributed by atoms with Gasteiger partial charge < -0.3 is 14.8 Å². The molecule has 0 aliphatic carbocycles. The standard InChI is InChI=1S/C21H18ClNO3/c1-25-20-9-5-3-7-18(20)21(24)23-16-10-12-17(13-11-16)26-14-15-6-2-4-8-19(15)22/h2-13H,14H2,1H3,(H,23,24). The van der Waals surface area contributed by atoms with Crippen molar-refractivity contribution in [3.05, 3.63) is 88.9 Å². The van der Waals surface area contributed by atoms with Gasteiger partial charge in [-0.15, -0.1) is 0 Å². The minimum Gasteiger partial charge on any atom is -0.496 e. The third-order valence-corrected chi connectivity index (χ3v) is 4.18. The van der Waals surface area contributed by atoms with E-state index in [4.69, 9.17) is 21.1 Å². The molecule has 0 aromatic heterocycles. The van der Waals surface area contributed by atoms with Crippen molar-refractivity contribution in [1.82, 2.24) is 0 Å². The number of ether oxygens (including phenoxy) is 2. The molecule has 0 unspecified atom stereocenters. The molecule has 0 fully saturated rings. The molecule has 0 atom stereocenters. The average Bonchev–Trinajstić information content (AvgIpc) is 2.68. The number of carbonyl (C=O) groups excluding carboxylic acids is 1. The van der Waals surface area contributed by atoms with E-state index in [9.17, 15) is 4.79 Å². The van der Waals surface area contributed by atoms with Crippen molar-refractivity contribution in [2.24, 2.45) is 0 Å². The number of nitrogens with one attached hydrogen (secondary N) is 1. The molecule has 3 aromatic rings. The summed E-state index contributed by atoms with van der Waals surface area (Å²) in [5.41, 5.74) is 2.07. The maximum absolute atomic E-state index is 12.4. The topological polar surface area (TPSA) is 47.6 Å². The number of carbonyl (C=O) groups is 1. The number of amides is 1. The first-order valence-corrected chi connectivity index (χ1v) is 8.46. The van der Waals surface area contributed by atoms with Gasteiger partial charge in [0.15, 0.2) is 0 Å². The summed E-state index contributed by atoms with van der Waals surface area (Å²) in [4.78, 5) is 12.4. The van der Waals surface area contributed by atoms with E-state index < -0.39 is 0 Å². The van der Waals surface area contributed by atoms with E-state index >= 15 is 0 Å². The Morgan fingerprint density at radius 1 is 0.962 bits per heavy atom. The molecule has 132 valence electrons. The Kier molecular flexibility index (Phi) is 5.77. The second-order valence-corrected chi connectivity index (χ2v) is 5.97. The summed E-state index contributed by atoms with van der Waals surface area (Å²) in [6.45, 7) is 0.382. The second kappa shape index (κ2) is 8.41. The SMILES string of the molecule is COc1ccccc1C(=O)Nc1ccc(OCc2ccccc2Cl)cc1. The van der Waals surface area contributed by atoms with E-state index in [1.165, 1.54) is 7.11 Å². The summed E-state index contributed by atoms with van der Waals surface area (Å²) in [5.74, 6) is 0.997. The quantitative estimate of drug-likeness (QED) is 0.653. The van der Waals surface area contributed by atoms with Gasteiger partial charge in [-0.05, 0) is 42.5 Å². The molecule has 5 heteroatoms. The molecule has 0 saturated carbocycles. The van der Waals surface area contributed by atoms with Crippen molar-refractivity contribution < 1.29 is 14.3 Å². The van der Waals surface area contributed by atoms with Gasteiger partial charge in [0.25, 0.3) is 5.91 Å². The largest absolute Gasteiger partial charge is 0.496 e. The van der Waals surface area contributed by atoms with Gasteiger partial charge in [-0.3, -0.25) is 4.79 Å². The summed E-state index contributed by atoms with van der Waals surface area (Å²) < 4.78 is 11.0. The van der Waals surface area contributed by atoms with Gasteiger partial charge in [0.1, 0.15) is 18.1 Å². The monoisotopic (exact) mass is 367 g/mol. The molecule has 0 aliphatic rings. The Labute approximate surface area is 157 Å². The van der Waals surface area contributed by atoms with E-state index in [0.717, 1.165) is 5.56 Å². The Bertz CT molecular complexity index is 894. The highest BCUT2D eigenvalue weighted by molar-refractivity contribution is 6.31. The van der Waals surface area contributed by atoms with Crippen LogP contribution >= 0.6 is 11.6 Å². The normalized spacial score (nSPS) is 10.2. The lowest BCUT2D eigenvalue weighted by Crippen LogP contribution is -2.13. The third kappa shape index (κ3) is 4.35. The van der Waals surface area contributed by atoms with E-state index in [2.05, 4.69) is 5.32 Å². The first kappa shape index (κ1) is 17.8. The van der Waals surface area contributed by atoms with Crippen LogP contribution in [-0.4, -0.2) is 13.0 Å². The van der Waals surface area contributed by atoms with Gasteiger partial charge >= 0.3 is 0 Å². The summed E-state index contributed by atoms with van der Waals surface area (Å²) in [6, 6.07) is 21.8. The van der Waals surface area contributed by atoms with Crippen molar-refractivity contribution in [2.45, 2.75) is 6.61 Å². The molecular weight excluding hydrogens is 350 g/mol. The molecule has 0 saturated heterocycles. The lowest BCUT2D eigenvalue weighted by molar-refractivity contribution is 0.102. The van der Waals surface area contributed by atoms with Crippen LogP contribution in [0.4, 0.5) is 5.69 Å². The van der Waals surface area contributed by atoms with Crippen LogP contribution in [0, 0.1) is 0 Å². The Morgan fingerprint density at radius 2 is 1.65 bits per heavy atom. The number of benzene rings is 3. The predicted octanol–water partition coefficient (Wildman–Crippen LogP) is 5.18. The smallest absolute Gasteiger partial charge is 0.259 e. The fraction of sp³-hybridized carbons (Fsp3) is 0.0952. The highest BCUT2D eigenvalue weighted by atomic mass is 35.5. The molecule has 0 radical (unpaired) electrons. The maximum Gasteiger partial charge on any atom is 0.259 e. The third-order valence-electron chi connectivity index (χ3n) is 3.82. The maximum atomic E-state index is 12.4. The van der Waals surface area contributed by atoms with E-state index in [1.54, 1.807) is 42.5 Å². The second-order valence-electron chi connectivity index (χ2n) is 5.56. The van der Waals surface area contributed by atoms with Crippen molar-refractivity contribution in [1.29, 1.82) is 0 Å². The number of methoxy groups -OCH3 is 1. The molecule has 0 aliphatic heterocycles. The van der Waals surface area contributed by atoms with Crippen LogP contribution in [-0.2, 0) is 6.61 Å². The molecule has 1 amide bonds.